The van der Waals surface area contributed by atoms with E-state index in [4.69, 9.17) is 10.7 Å². The number of hydrogen-bond acceptors (Lipinski definition) is 3. The normalized spacial score (nSPS) is 27.8. The molecule has 114 valence electrons. The molecule has 0 spiro atoms. The second-order valence-electron chi connectivity index (χ2n) is 5.71. The molecule has 2 unspecified atom stereocenters. The Kier molecular flexibility index (Phi) is 4.05. The summed E-state index contributed by atoms with van der Waals surface area (Å²) < 4.78 is 23.0. The standard InChI is InChI=1S/C14H15BrClNO3S/c15-11-7-8(5-6-12(11)21(16,19)20)17-14(18)13-9-3-1-2-4-10(9)13/h5-7,9-10,13H,1-4H2,(H,17,18). The lowest BCUT2D eigenvalue weighted by atomic mass is 10.0. The first kappa shape index (κ1) is 15.3. The average Bonchev–Trinajstić information content (AvgIpc) is 3.11. The van der Waals surface area contributed by atoms with Gasteiger partial charge in [0.05, 0.1) is 4.90 Å². The fraction of sp³-hybridized carbons (Fsp3) is 0.500. The van der Waals surface area contributed by atoms with E-state index in [1.54, 1.807) is 12.1 Å². The summed E-state index contributed by atoms with van der Waals surface area (Å²) in [4.78, 5) is 12.3. The van der Waals surface area contributed by atoms with Gasteiger partial charge in [-0.25, -0.2) is 8.42 Å². The maximum Gasteiger partial charge on any atom is 0.262 e. The van der Waals surface area contributed by atoms with Crippen molar-refractivity contribution in [3.63, 3.8) is 0 Å². The van der Waals surface area contributed by atoms with Gasteiger partial charge in [-0.05, 0) is 58.8 Å². The van der Waals surface area contributed by atoms with Gasteiger partial charge in [-0.1, -0.05) is 12.8 Å². The second kappa shape index (κ2) is 5.56. The van der Waals surface area contributed by atoms with Crippen LogP contribution >= 0.6 is 26.6 Å². The van der Waals surface area contributed by atoms with Crippen LogP contribution in [0.5, 0.6) is 0 Å². The number of fused-ring (bicyclic) bond motifs is 1. The highest BCUT2D eigenvalue weighted by Crippen LogP contribution is 2.55. The summed E-state index contributed by atoms with van der Waals surface area (Å²) in [5.41, 5.74) is 0.583. The SMILES string of the molecule is O=C(Nc1ccc(S(=O)(=O)Cl)c(Br)c1)C1C2CCCCC21. The Balaban J connectivity index is 1.71. The van der Waals surface area contributed by atoms with Gasteiger partial charge in [0.25, 0.3) is 9.05 Å². The van der Waals surface area contributed by atoms with Crippen LogP contribution in [0.1, 0.15) is 25.7 Å². The predicted molar refractivity (Wildman–Crippen MR) is 84.7 cm³/mol. The van der Waals surface area contributed by atoms with Crippen molar-refractivity contribution in [2.45, 2.75) is 30.6 Å². The Bertz CT molecular complexity index is 679. The molecule has 7 heteroatoms. The molecule has 3 rings (SSSR count). The van der Waals surface area contributed by atoms with Crippen molar-refractivity contribution in [1.29, 1.82) is 0 Å². The highest BCUT2D eigenvalue weighted by atomic mass is 79.9. The van der Waals surface area contributed by atoms with Crippen LogP contribution < -0.4 is 5.32 Å². The minimum absolute atomic E-state index is 0.00209. The topological polar surface area (TPSA) is 63.2 Å². The number of hydrogen-bond donors (Lipinski definition) is 1. The summed E-state index contributed by atoms with van der Waals surface area (Å²) in [6.07, 6.45) is 4.74. The number of halogens is 2. The third-order valence-electron chi connectivity index (χ3n) is 4.42. The summed E-state index contributed by atoms with van der Waals surface area (Å²) in [5, 5.41) is 2.87. The van der Waals surface area contributed by atoms with Gasteiger partial charge in [0.15, 0.2) is 0 Å². The lowest BCUT2D eigenvalue weighted by molar-refractivity contribution is -0.117. The molecular formula is C14H15BrClNO3S. The van der Waals surface area contributed by atoms with Crippen LogP contribution in [0.3, 0.4) is 0 Å². The van der Waals surface area contributed by atoms with Crippen molar-refractivity contribution < 1.29 is 13.2 Å². The first-order chi connectivity index (χ1) is 9.88. The van der Waals surface area contributed by atoms with Gasteiger partial charge in [-0.2, -0.15) is 0 Å². The molecule has 2 aliphatic carbocycles. The van der Waals surface area contributed by atoms with E-state index < -0.39 is 9.05 Å². The molecule has 1 N–H and O–H groups in total. The maximum atomic E-state index is 12.3. The van der Waals surface area contributed by atoms with E-state index in [0.717, 1.165) is 12.8 Å². The zero-order valence-corrected chi connectivity index (χ0v) is 14.3. The average molecular weight is 393 g/mol. The van der Waals surface area contributed by atoms with Crippen LogP contribution in [0.2, 0.25) is 0 Å². The Hall–Kier alpha value is -0.590. The van der Waals surface area contributed by atoms with Crippen molar-refractivity contribution >= 4 is 47.3 Å². The van der Waals surface area contributed by atoms with E-state index in [1.165, 1.54) is 18.9 Å². The van der Waals surface area contributed by atoms with Gasteiger partial charge < -0.3 is 5.32 Å². The number of amides is 1. The van der Waals surface area contributed by atoms with E-state index in [2.05, 4.69) is 21.2 Å². The minimum atomic E-state index is -3.79. The fourth-order valence-corrected chi connectivity index (χ4v) is 5.61. The smallest absolute Gasteiger partial charge is 0.262 e. The minimum Gasteiger partial charge on any atom is -0.326 e. The van der Waals surface area contributed by atoms with Gasteiger partial charge in [0.1, 0.15) is 0 Å². The van der Waals surface area contributed by atoms with Crippen LogP contribution in [0.15, 0.2) is 27.6 Å². The molecular weight excluding hydrogens is 378 g/mol. The van der Waals surface area contributed by atoms with Crippen molar-refractivity contribution in [1.82, 2.24) is 0 Å². The molecule has 1 aromatic carbocycles. The largest absolute Gasteiger partial charge is 0.326 e. The van der Waals surface area contributed by atoms with Crippen LogP contribution in [0, 0.1) is 17.8 Å². The van der Waals surface area contributed by atoms with E-state index >= 15 is 0 Å². The lowest BCUT2D eigenvalue weighted by Crippen LogP contribution is -2.15. The first-order valence-electron chi connectivity index (χ1n) is 6.93. The monoisotopic (exact) mass is 391 g/mol. The molecule has 0 radical (unpaired) electrons. The van der Waals surface area contributed by atoms with Gasteiger partial charge in [-0.3, -0.25) is 4.79 Å². The molecule has 0 saturated heterocycles. The molecule has 21 heavy (non-hydrogen) atoms. The van der Waals surface area contributed by atoms with Gasteiger partial charge in [-0.15, -0.1) is 0 Å². The number of carbonyl (C=O) groups excluding carboxylic acids is 1. The Labute approximate surface area is 136 Å². The highest BCUT2D eigenvalue weighted by Gasteiger charge is 2.54. The van der Waals surface area contributed by atoms with E-state index in [-0.39, 0.29) is 16.7 Å². The number of carbonyl (C=O) groups is 1. The van der Waals surface area contributed by atoms with Crippen molar-refractivity contribution in [2.24, 2.45) is 17.8 Å². The van der Waals surface area contributed by atoms with Gasteiger partial charge in [0.2, 0.25) is 5.91 Å². The summed E-state index contributed by atoms with van der Waals surface area (Å²) in [7, 11) is 1.53. The molecule has 2 fully saturated rings. The van der Waals surface area contributed by atoms with Crippen LogP contribution in [0.25, 0.3) is 0 Å². The van der Waals surface area contributed by atoms with Gasteiger partial charge >= 0.3 is 0 Å². The zero-order chi connectivity index (χ0) is 15.2. The van der Waals surface area contributed by atoms with Crippen LogP contribution in [-0.2, 0) is 13.8 Å². The summed E-state index contributed by atoms with van der Waals surface area (Å²) in [6.45, 7) is 0. The molecule has 2 aliphatic rings. The Morgan fingerprint density at radius 2 is 1.86 bits per heavy atom. The zero-order valence-electron chi connectivity index (χ0n) is 11.2. The number of anilines is 1. The van der Waals surface area contributed by atoms with Crippen LogP contribution in [0.4, 0.5) is 5.69 Å². The quantitative estimate of drug-likeness (QED) is 0.797. The third-order valence-corrected chi connectivity index (χ3v) is 6.72. The first-order valence-corrected chi connectivity index (χ1v) is 10.0. The highest BCUT2D eigenvalue weighted by molar-refractivity contribution is 9.10. The molecule has 0 aliphatic heterocycles. The lowest BCUT2D eigenvalue weighted by Gasteiger charge is -2.07. The van der Waals surface area contributed by atoms with Crippen LogP contribution in [-0.4, -0.2) is 14.3 Å². The van der Waals surface area contributed by atoms with Crippen molar-refractivity contribution in [3.8, 4) is 0 Å². The van der Waals surface area contributed by atoms with Crippen molar-refractivity contribution in [2.75, 3.05) is 5.32 Å². The van der Waals surface area contributed by atoms with E-state index in [0.29, 0.717) is 22.0 Å². The number of nitrogens with one attached hydrogen (secondary N) is 1. The van der Waals surface area contributed by atoms with E-state index in [1.807, 2.05) is 0 Å². The molecule has 2 saturated carbocycles. The molecule has 0 bridgehead atoms. The number of rotatable bonds is 3. The Morgan fingerprint density at radius 1 is 1.24 bits per heavy atom. The van der Waals surface area contributed by atoms with Crippen molar-refractivity contribution in [3.05, 3.63) is 22.7 Å². The molecule has 0 heterocycles. The van der Waals surface area contributed by atoms with Gasteiger partial charge in [0, 0.05) is 26.8 Å². The fourth-order valence-electron chi connectivity index (χ4n) is 3.38. The summed E-state index contributed by atoms with van der Waals surface area (Å²) in [6, 6.07) is 4.52. The summed E-state index contributed by atoms with van der Waals surface area (Å²) >= 11 is 3.17. The third kappa shape index (κ3) is 3.12. The molecule has 1 aromatic rings. The summed E-state index contributed by atoms with van der Waals surface area (Å²) in [5.74, 6) is 1.26. The molecule has 1 amide bonds. The second-order valence-corrected chi connectivity index (χ2v) is 9.10. The van der Waals surface area contributed by atoms with E-state index in [9.17, 15) is 13.2 Å². The molecule has 0 aromatic heterocycles. The Morgan fingerprint density at radius 3 is 2.38 bits per heavy atom. The molecule has 4 nitrogen and oxygen atoms in total. The maximum absolute atomic E-state index is 12.3. The number of benzene rings is 1. The predicted octanol–water partition coefficient (Wildman–Crippen LogP) is 3.75. The molecule has 2 atom stereocenters.